The highest BCUT2D eigenvalue weighted by atomic mass is 79.9. The third-order valence-corrected chi connectivity index (χ3v) is 7.82. The van der Waals surface area contributed by atoms with Gasteiger partial charge in [-0.25, -0.2) is 8.42 Å². The van der Waals surface area contributed by atoms with Crippen molar-refractivity contribution in [2.45, 2.75) is 21.9 Å². The summed E-state index contributed by atoms with van der Waals surface area (Å²) in [5.41, 5.74) is 2.02. The Labute approximate surface area is 168 Å². The molecule has 0 saturated heterocycles. The molecular formula is C22H19BrO3S. The molecule has 138 valence electrons. The van der Waals surface area contributed by atoms with Gasteiger partial charge in [-0.15, -0.1) is 0 Å². The zero-order valence-corrected chi connectivity index (χ0v) is 17.2. The number of hydrogen-bond donors (Lipinski definition) is 0. The average Bonchev–Trinajstić information content (AvgIpc) is 2.69. The van der Waals surface area contributed by atoms with Crippen LogP contribution in [0.3, 0.4) is 0 Å². The number of hydrogen-bond acceptors (Lipinski definition) is 3. The van der Waals surface area contributed by atoms with Crippen molar-refractivity contribution in [1.29, 1.82) is 0 Å². The Morgan fingerprint density at radius 1 is 0.815 bits per heavy atom. The quantitative estimate of drug-likeness (QED) is 0.391. The van der Waals surface area contributed by atoms with Crippen LogP contribution in [0.15, 0.2) is 89.8 Å². The van der Waals surface area contributed by atoms with Crippen LogP contribution in [0.1, 0.15) is 26.7 Å². The van der Waals surface area contributed by atoms with Gasteiger partial charge in [0.1, 0.15) is 5.25 Å². The largest absolute Gasteiger partial charge is 0.293 e. The molecule has 0 N–H and O–H groups in total. The molecule has 0 radical (unpaired) electrons. The first-order valence-electron chi connectivity index (χ1n) is 8.50. The molecule has 0 aliphatic rings. The van der Waals surface area contributed by atoms with E-state index in [0.717, 1.165) is 5.56 Å². The minimum absolute atomic E-state index is 0.201. The van der Waals surface area contributed by atoms with E-state index in [0.29, 0.717) is 11.1 Å². The minimum Gasteiger partial charge on any atom is -0.293 e. The summed E-state index contributed by atoms with van der Waals surface area (Å²) in [6.07, 6.45) is 0. The van der Waals surface area contributed by atoms with E-state index in [9.17, 15) is 13.2 Å². The molecule has 0 bridgehead atoms. The van der Waals surface area contributed by atoms with Gasteiger partial charge in [0.25, 0.3) is 0 Å². The summed E-state index contributed by atoms with van der Waals surface area (Å²) in [6, 6.07) is 24.3. The fraction of sp³-hybridized carbons (Fsp3) is 0.136. The number of carbonyl (C=O) groups is 1. The van der Waals surface area contributed by atoms with Gasteiger partial charge in [0.05, 0.1) is 9.72 Å². The van der Waals surface area contributed by atoms with E-state index in [-0.39, 0.29) is 10.7 Å². The van der Waals surface area contributed by atoms with E-state index in [1.807, 2.05) is 19.1 Å². The molecule has 0 heterocycles. The minimum atomic E-state index is -3.79. The molecule has 0 saturated carbocycles. The van der Waals surface area contributed by atoms with Gasteiger partial charge in [-0.2, -0.15) is 0 Å². The second-order valence-electron chi connectivity index (χ2n) is 6.32. The number of sulfone groups is 1. The Morgan fingerprint density at radius 3 is 1.89 bits per heavy atom. The molecule has 3 aromatic rings. The highest BCUT2D eigenvalue weighted by Crippen LogP contribution is 2.37. The Morgan fingerprint density at radius 2 is 1.33 bits per heavy atom. The number of aryl methyl sites for hydroxylation is 1. The van der Waals surface area contributed by atoms with Crippen molar-refractivity contribution < 1.29 is 13.2 Å². The topological polar surface area (TPSA) is 51.2 Å². The van der Waals surface area contributed by atoms with E-state index in [4.69, 9.17) is 0 Å². The summed E-state index contributed by atoms with van der Waals surface area (Å²) in [4.78, 5) is 12.3. The van der Waals surface area contributed by atoms with Crippen LogP contribution in [0.4, 0.5) is 0 Å². The highest BCUT2D eigenvalue weighted by molar-refractivity contribution is 9.10. The third kappa shape index (κ3) is 4.20. The lowest BCUT2D eigenvalue weighted by Gasteiger charge is -2.23. The van der Waals surface area contributed by atoms with Crippen molar-refractivity contribution in [2.75, 3.05) is 0 Å². The van der Waals surface area contributed by atoms with Gasteiger partial charge in [-0.05, 0) is 24.6 Å². The van der Waals surface area contributed by atoms with Crippen LogP contribution < -0.4 is 0 Å². The summed E-state index contributed by atoms with van der Waals surface area (Å²) in [6.45, 7) is 1.90. The van der Waals surface area contributed by atoms with E-state index in [1.54, 1.807) is 72.8 Å². The van der Waals surface area contributed by atoms with Gasteiger partial charge < -0.3 is 0 Å². The number of ketones is 1. The fourth-order valence-electron chi connectivity index (χ4n) is 2.92. The number of Topliss-reactive ketones (excluding diaryl/α,β-unsaturated/α-hetero) is 1. The Bertz CT molecular complexity index is 1010. The maximum Gasteiger partial charge on any atom is 0.186 e. The van der Waals surface area contributed by atoms with Crippen LogP contribution in [0, 0.1) is 6.92 Å². The van der Waals surface area contributed by atoms with Crippen molar-refractivity contribution in [1.82, 2.24) is 0 Å². The molecule has 0 spiro atoms. The molecule has 0 fully saturated rings. The smallest absolute Gasteiger partial charge is 0.186 e. The molecule has 0 amide bonds. The molecule has 0 aromatic heterocycles. The van der Waals surface area contributed by atoms with E-state index in [1.165, 1.54) is 0 Å². The molecule has 0 aliphatic carbocycles. The molecule has 27 heavy (non-hydrogen) atoms. The SMILES string of the molecule is Cc1ccc(S(=O)(=O)[C@@H](c2ccccc2)[C@@H](Br)C(=O)c2ccccc2)cc1. The number of halogens is 1. The number of carbonyl (C=O) groups excluding carboxylic acids is 1. The summed E-state index contributed by atoms with van der Waals surface area (Å²) < 4.78 is 26.9. The van der Waals surface area contributed by atoms with Gasteiger partial charge in [-0.3, -0.25) is 4.79 Å². The first-order chi connectivity index (χ1) is 12.9. The van der Waals surface area contributed by atoms with Gasteiger partial charge in [-0.1, -0.05) is 94.3 Å². The lowest BCUT2D eigenvalue weighted by atomic mass is 10.0. The Kier molecular flexibility index (Phi) is 5.92. The lowest BCUT2D eigenvalue weighted by molar-refractivity contribution is 0.0989. The molecule has 0 aliphatic heterocycles. The predicted molar refractivity (Wildman–Crippen MR) is 111 cm³/mol. The molecule has 3 nitrogen and oxygen atoms in total. The number of rotatable bonds is 6. The molecule has 2 atom stereocenters. The highest BCUT2D eigenvalue weighted by Gasteiger charge is 2.38. The van der Waals surface area contributed by atoms with Crippen molar-refractivity contribution in [3.8, 4) is 0 Å². The Balaban J connectivity index is 2.09. The molecule has 0 unspecified atom stereocenters. The first-order valence-corrected chi connectivity index (χ1v) is 11.0. The van der Waals surface area contributed by atoms with Crippen LogP contribution in [-0.2, 0) is 9.84 Å². The van der Waals surface area contributed by atoms with Gasteiger partial charge >= 0.3 is 0 Å². The third-order valence-electron chi connectivity index (χ3n) is 4.39. The zero-order valence-electron chi connectivity index (χ0n) is 14.7. The lowest BCUT2D eigenvalue weighted by Crippen LogP contribution is -2.29. The second kappa shape index (κ2) is 8.19. The maximum atomic E-state index is 13.4. The number of alkyl halides is 1. The summed E-state index contributed by atoms with van der Waals surface area (Å²) >= 11 is 3.40. The van der Waals surface area contributed by atoms with E-state index in [2.05, 4.69) is 15.9 Å². The van der Waals surface area contributed by atoms with Crippen molar-refractivity contribution in [3.63, 3.8) is 0 Å². The number of benzene rings is 3. The van der Waals surface area contributed by atoms with Crippen molar-refractivity contribution in [2.24, 2.45) is 0 Å². The van der Waals surface area contributed by atoms with Crippen LogP contribution in [0.5, 0.6) is 0 Å². The van der Waals surface area contributed by atoms with Crippen LogP contribution in [-0.4, -0.2) is 19.0 Å². The van der Waals surface area contributed by atoms with Gasteiger partial charge in [0.15, 0.2) is 15.6 Å². The molecule has 5 heteroatoms. The standard InChI is InChI=1S/C22H19BrO3S/c1-16-12-14-19(15-13-16)27(25,26)22(18-10-6-3-7-11-18)20(23)21(24)17-8-4-2-5-9-17/h2-15,20,22H,1H3/t20-,22-/m0/s1. The second-order valence-corrected chi connectivity index (χ2v) is 9.38. The predicted octanol–water partition coefficient (Wildman–Crippen LogP) is 5.16. The van der Waals surface area contributed by atoms with Crippen LogP contribution in [0.2, 0.25) is 0 Å². The van der Waals surface area contributed by atoms with E-state index >= 15 is 0 Å². The summed E-state index contributed by atoms with van der Waals surface area (Å²) in [5.74, 6) is -0.264. The maximum absolute atomic E-state index is 13.4. The summed E-state index contributed by atoms with van der Waals surface area (Å²) in [5, 5.41) is -1.03. The van der Waals surface area contributed by atoms with Crippen LogP contribution >= 0.6 is 15.9 Å². The summed E-state index contributed by atoms with van der Waals surface area (Å²) in [7, 11) is -3.79. The first kappa shape index (κ1) is 19.5. The van der Waals surface area contributed by atoms with Gasteiger partial charge in [0.2, 0.25) is 0 Å². The normalized spacial score (nSPS) is 13.7. The fourth-order valence-corrected chi connectivity index (χ4v) is 6.11. The van der Waals surface area contributed by atoms with Crippen molar-refractivity contribution in [3.05, 3.63) is 102 Å². The van der Waals surface area contributed by atoms with Crippen LogP contribution in [0.25, 0.3) is 0 Å². The Hall–Kier alpha value is -2.24. The van der Waals surface area contributed by atoms with E-state index < -0.39 is 19.9 Å². The van der Waals surface area contributed by atoms with Gasteiger partial charge in [0, 0.05) is 5.56 Å². The average molecular weight is 443 g/mol. The zero-order chi connectivity index (χ0) is 19.4. The molecule has 3 rings (SSSR count). The van der Waals surface area contributed by atoms with Crippen molar-refractivity contribution >= 4 is 31.6 Å². The monoisotopic (exact) mass is 442 g/mol. The molecule has 3 aromatic carbocycles. The molecular weight excluding hydrogens is 424 g/mol.